The van der Waals surface area contributed by atoms with Crippen LogP contribution in [0.4, 0.5) is 10.6 Å². The molecule has 2 rings (SSSR count). The van der Waals surface area contributed by atoms with Crippen molar-refractivity contribution >= 4 is 33.7 Å². The van der Waals surface area contributed by atoms with E-state index in [0.717, 1.165) is 17.3 Å². The number of likely N-dealkylation sites (tertiary alicyclic amines) is 1. The fourth-order valence-corrected chi connectivity index (χ4v) is 2.63. The molecule has 1 saturated heterocycles. The highest BCUT2D eigenvalue weighted by atomic mass is 79.9. The minimum Gasteiger partial charge on any atom is -0.336 e. The summed E-state index contributed by atoms with van der Waals surface area (Å²) >= 11 is 3.31. The maximum Gasteiger partial charge on any atom is 0.317 e. The van der Waals surface area contributed by atoms with E-state index in [-0.39, 0.29) is 23.9 Å². The number of amides is 3. The van der Waals surface area contributed by atoms with E-state index in [1.807, 2.05) is 19.9 Å². The maximum atomic E-state index is 12.3. The fraction of sp³-hybridized carbons (Fsp3) is 0.533. The Kier molecular flexibility index (Phi) is 5.76. The van der Waals surface area contributed by atoms with E-state index < -0.39 is 0 Å². The number of pyridine rings is 1. The van der Waals surface area contributed by atoms with Crippen LogP contribution < -0.4 is 10.6 Å². The van der Waals surface area contributed by atoms with Crippen LogP contribution in [0.1, 0.15) is 26.7 Å². The second-order valence-corrected chi connectivity index (χ2v) is 6.66. The minimum absolute atomic E-state index is 0.0862. The van der Waals surface area contributed by atoms with Gasteiger partial charge in [0.2, 0.25) is 5.91 Å². The topological polar surface area (TPSA) is 74.3 Å². The predicted octanol–water partition coefficient (Wildman–Crippen LogP) is 2.61. The average Bonchev–Trinajstić information content (AvgIpc) is 2.49. The summed E-state index contributed by atoms with van der Waals surface area (Å²) < 4.78 is 0.861. The fourth-order valence-electron chi connectivity index (χ4n) is 2.39. The van der Waals surface area contributed by atoms with E-state index in [1.54, 1.807) is 17.2 Å². The molecule has 7 heteroatoms. The van der Waals surface area contributed by atoms with Crippen molar-refractivity contribution in [3.63, 3.8) is 0 Å². The molecule has 1 aliphatic heterocycles. The first-order valence-corrected chi connectivity index (χ1v) is 8.23. The lowest BCUT2D eigenvalue weighted by atomic mass is 9.97. The van der Waals surface area contributed by atoms with Gasteiger partial charge in [0, 0.05) is 29.8 Å². The molecule has 2 heterocycles. The Morgan fingerprint density at radius 3 is 2.82 bits per heavy atom. The van der Waals surface area contributed by atoms with Gasteiger partial charge < -0.3 is 15.5 Å². The Bertz CT molecular complexity index is 533. The number of hydrogen-bond acceptors (Lipinski definition) is 3. The largest absolute Gasteiger partial charge is 0.336 e. The molecular formula is C15H21BrN4O2. The van der Waals surface area contributed by atoms with Crippen LogP contribution in [0, 0.1) is 5.92 Å². The van der Waals surface area contributed by atoms with Gasteiger partial charge in [0.15, 0.2) is 0 Å². The zero-order valence-corrected chi connectivity index (χ0v) is 14.4. The number of aromatic nitrogens is 1. The number of piperidine rings is 1. The monoisotopic (exact) mass is 368 g/mol. The van der Waals surface area contributed by atoms with Crippen molar-refractivity contribution in [1.82, 2.24) is 15.2 Å². The number of nitrogens with one attached hydrogen (secondary N) is 2. The molecule has 0 unspecified atom stereocenters. The standard InChI is InChI=1S/C15H21BrN4O2/c1-10(2)18-15(22)20-7-3-4-11(9-20)14(21)19-13-6-5-12(16)8-17-13/h5-6,8,10-11H,3-4,7,9H2,1-2H3,(H,18,22)(H,17,19,21)/t11-/m1/s1. The Morgan fingerprint density at radius 1 is 1.41 bits per heavy atom. The molecule has 2 N–H and O–H groups in total. The molecule has 1 aliphatic rings. The lowest BCUT2D eigenvalue weighted by molar-refractivity contribution is -0.121. The van der Waals surface area contributed by atoms with Crippen LogP contribution in [0.15, 0.2) is 22.8 Å². The Balaban J connectivity index is 1.92. The third-order valence-corrected chi connectivity index (χ3v) is 3.94. The summed E-state index contributed by atoms with van der Waals surface area (Å²) in [7, 11) is 0. The first-order valence-electron chi connectivity index (χ1n) is 7.43. The van der Waals surface area contributed by atoms with Crippen molar-refractivity contribution < 1.29 is 9.59 Å². The van der Waals surface area contributed by atoms with Crippen LogP contribution >= 0.6 is 15.9 Å². The molecule has 120 valence electrons. The quantitative estimate of drug-likeness (QED) is 0.860. The summed E-state index contributed by atoms with van der Waals surface area (Å²) in [6.07, 6.45) is 3.25. The molecular weight excluding hydrogens is 348 g/mol. The Hall–Kier alpha value is -1.63. The van der Waals surface area contributed by atoms with Crippen LogP contribution in [0.3, 0.4) is 0 Å². The van der Waals surface area contributed by atoms with E-state index >= 15 is 0 Å². The molecule has 1 fully saturated rings. The van der Waals surface area contributed by atoms with E-state index in [2.05, 4.69) is 31.5 Å². The molecule has 0 radical (unpaired) electrons. The third kappa shape index (κ3) is 4.69. The summed E-state index contributed by atoms with van der Waals surface area (Å²) in [6, 6.07) is 3.56. The zero-order chi connectivity index (χ0) is 16.1. The van der Waals surface area contributed by atoms with Gasteiger partial charge in [0.1, 0.15) is 5.82 Å². The van der Waals surface area contributed by atoms with Crippen molar-refractivity contribution in [1.29, 1.82) is 0 Å². The number of halogens is 1. The van der Waals surface area contributed by atoms with Crippen LogP contribution in [-0.2, 0) is 4.79 Å². The van der Waals surface area contributed by atoms with E-state index in [0.29, 0.717) is 18.9 Å². The van der Waals surface area contributed by atoms with Crippen LogP contribution in [-0.4, -0.2) is 41.0 Å². The molecule has 1 aromatic heterocycles. The SMILES string of the molecule is CC(C)NC(=O)N1CCC[C@@H](C(=O)Nc2ccc(Br)cn2)C1. The predicted molar refractivity (Wildman–Crippen MR) is 88.5 cm³/mol. The second-order valence-electron chi connectivity index (χ2n) is 5.74. The van der Waals surface area contributed by atoms with Crippen LogP contribution in [0.25, 0.3) is 0 Å². The number of anilines is 1. The Morgan fingerprint density at radius 2 is 2.18 bits per heavy atom. The zero-order valence-electron chi connectivity index (χ0n) is 12.8. The van der Waals surface area contributed by atoms with Gasteiger partial charge in [-0.2, -0.15) is 0 Å². The summed E-state index contributed by atoms with van der Waals surface area (Å²) in [4.78, 5) is 30.2. The number of carbonyl (C=O) groups excluding carboxylic acids is 2. The highest BCUT2D eigenvalue weighted by molar-refractivity contribution is 9.10. The van der Waals surface area contributed by atoms with Crippen molar-refractivity contribution in [2.75, 3.05) is 18.4 Å². The third-order valence-electron chi connectivity index (χ3n) is 3.47. The lowest BCUT2D eigenvalue weighted by Gasteiger charge is -2.32. The van der Waals surface area contributed by atoms with Crippen molar-refractivity contribution in [2.45, 2.75) is 32.7 Å². The summed E-state index contributed by atoms with van der Waals surface area (Å²) in [5, 5.41) is 5.68. The van der Waals surface area contributed by atoms with Gasteiger partial charge in [-0.1, -0.05) is 0 Å². The van der Waals surface area contributed by atoms with Crippen molar-refractivity contribution in [3.05, 3.63) is 22.8 Å². The molecule has 22 heavy (non-hydrogen) atoms. The van der Waals surface area contributed by atoms with Crippen molar-refractivity contribution in [2.24, 2.45) is 5.92 Å². The number of hydrogen-bond donors (Lipinski definition) is 2. The second kappa shape index (κ2) is 7.58. The Labute approximate surface area is 138 Å². The highest BCUT2D eigenvalue weighted by Crippen LogP contribution is 2.19. The molecule has 0 spiro atoms. The van der Waals surface area contributed by atoms with Gasteiger partial charge in [0.25, 0.3) is 0 Å². The summed E-state index contributed by atoms with van der Waals surface area (Å²) in [5.74, 6) is 0.242. The molecule has 1 aromatic rings. The van der Waals surface area contributed by atoms with Gasteiger partial charge in [-0.25, -0.2) is 9.78 Å². The van der Waals surface area contributed by atoms with E-state index in [1.165, 1.54) is 0 Å². The van der Waals surface area contributed by atoms with Crippen LogP contribution in [0.5, 0.6) is 0 Å². The molecule has 0 aliphatic carbocycles. The number of nitrogens with zero attached hydrogens (tertiary/aromatic N) is 2. The molecule has 0 aromatic carbocycles. The van der Waals surface area contributed by atoms with Gasteiger partial charge >= 0.3 is 6.03 Å². The first kappa shape index (κ1) is 16.7. The molecule has 0 bridgehead atoms. The lowest BCUT2D eigenvalue weighted by Crippen LogP contribution is -2.49. The van der Waals surface area contributed by atoms with Gasteiger partial charge in [-0.3, -0.25) is 4.79 Å². The minimum atomic E-state index is -0.197. The van der Waals surface area contributed by atoms with E-state index in [9.17, 15) is 9.59 Å². The van der Waals surface area contributed by atoms with Gasteiger partial charge in [-0.15, -0.1) is 0 Å². The molecule has 6 nitrogen and oxygen atoms in total. The first-order chi connectivity index (χ1) is 10.5. The number of rotatable bonds is 3. The van der Waals surface area contributed by atoms with Gasteiger partial charge in [-0.05, 0) is 54.8 Å². The smallest absolute Gasteiger partial charge is 0.317 e. The summed E-state index contributed by atoms with van der Waals surface area (Å²) in [6.45, 7) is 4.98. The number of urea groups is 1. The highest BCUT2D eigenvalue weighted by Gasteiger charge is 2.28. The summed E-state index contributed by atoms with van der Waals surface area (Å²) in [5.41, 5.74) is 0. The molecule has 0 saturated carbocycles. The average molecular weight is 369 g/mol. The molecule has 1 atom stereocenters. The normalized spacial score (nSPS) is 18.2. The van der Waals surface area contributed by atoms with Crippen molar-refractivity contribution in [3.8, 4) is 0 Å². The maximum absolute atomic E-state index is 12.3. The van der Waals surface area contributed by atoms with Crippen LogP contribution in [0.2, 0.25) is 0 Å². The van der Waals surface area contributed by atoms with Gasteiger partial charge in [0.05, 0.1) is 5.92 Å². The number of carbonyl (C=O) groups is 2. The molecule has 3 amide bonds. The van der Waals surface area contributed by atoms with E-state index in [4.69, 9.17) is 0 Å².